The van der Waals surface area contributed by atoms with E-state index in [0.29, 0.717) is 16.5 Å². The molecule has 3 heterocycles. The maximum Gasteiger partial charge on any atom is 0.141 e. The molecule has 0 atom stereocenters. The van der Waals surface area contributed by atoms with Gasteiger partial charge in [0.1, 0.15) is 17.1 Å². The predicted octanol–water partition coefficient (Wildman–Crippen LogP) is 3.50. The number of methoxy groups -OCH3 is 2. The van der Waals surface area contributed by atoms with Crippen LogP contribution in [0, 0.1) is 0 Å². The Bertz CT molecular complexity index is 939. The molecular weight excluding hydrogens is 387 g/mol. The van der Waals surface area contributed by atoms with Gasteiger partial charge in [0.25, 0.3) is 0 Å². The summed E-state index contributed by atoms with van der Waals surface area (Å²) >= 11 is 6.31. The van der Waals surface area contributed by atoms with Crippen LogP contribution in [0.5, 0.6) is 11.5 Å². The summed E-state index contributed by atoms with van der Waals surface area (Å²) < 4.78 is 12.8. The average Bonchev–Trinajstić information content (AvgIpc) is 3.11. The average molecular weight is 409 g/mol. The van der Waals surface area contributed by atoms with Gasteiger partial charge in [-0.2, -0.15) is 0 Å². The number of rotatable bonds is 4. The largest absolute Gasteiger partial charge is 0.496 e. The molecule has 0 amide bonds. The van der Waals surface area contributed by atoms with Crippen molar-refractivity contribution >= 4 is 35.3 Å². The number of pyridine rings is 1. The van der Waals surface area contributed by atoms with Gasteiger partial charge in [-0.3, -0.25) is 0 Å². The number of hydrogen-bond donors (Lipinski definition) is 1. The summed E-state index contributed by atoms with van der Waals surface area (Å²) in [6.45, 7) is 4.04. The van der Waals surface area contributed by atoms with Crippen LogP contribution in [0.25, 0.3) is 16.9 Å². The fraction of sp³-hybridized carbons (Fsp3) is 0.316. The molecule has 0 aliphatic carbocycles. The molecule has 1 aliphatic heterocycles. The lowest BCUT2D eigenvalue weighted by Crippen LogP contribution is -2.43. The summed E-state index contributed by atoms with van der Waals surface area (Å²) in [5.41, 5.74) is 3.73. The van der Waals surface area contributed by atoms with Gasteiger partial charge in [-0.1, -0.05) is 11.6 Å². The number of imidazole rings is 1. The summed E-state index contributed by atoms with van der Waals surface area (Å²) in [7, 11) is 3.22. The zero-order valence-corrected chi connectivity index (χ0v) is 16.8. The number of anilines is 1. The van der Waals surface area contributed by atoms with E-state index in [-0.39, 0.29) is 12.4 Å². The van der Waals surface area contributed by atoms with E-state index in [1.165, 1.54) is 5.69 Å². The summed E-state index contributed by atoms with van der Waals surface area (Å²) in [5, 5.41) is 3.91. The number of fused-ring (bicyclic) bond motifs is 1. The summed E-state index contributed by atoms with van der Waals surface area (Å²) in [4.78, 5) is 7.10. The van der Waals surface area contributed by atoms with E-state index < -0.39 is 0 Å². The van der Waals surface area contributed by atoms with Crippen LogP contribution in [0.4, 0.5) is 5.69 Å². The number of nitrogens with one attached hydrogen (secondary N) is 1. The third-order valence-electron chi connectivity index (χ3n) is 4.67. The van der Waals surface area contributed by atoms with Crippen LogP contribution in [0.2, 0.25) is 5.02 Å². The van der Waals surface area contributed by atoms with Gasteiger partial charge < -0.3 is 24.1 Å². The van der Waals surface area contributed by atoms with E-state index in [4.69, 9.17) is 26.1 Å². The standard InChI is InChI=1S/C19H21ClN4O2.ClH/c1-25-17-10-18(26-2)15(20)9-14(17)16-12-24-11-13(3-4-19(24)22-16)23-7-5-21-6-8-23;/h3-4,9-12,21H,5-8H2,1-2H3;1H. The van der Waals surface area contributed by atoms with Crippen molar-refractivity contribution in [3.8, 4) is 22.8 Å². The van der Waals surface area contributed by atoms with Crippen molar-refractivity contribution in [2.75, 3.05) is 45.3 Å². The summed E-state index contributed by atoms with van der Waals surface area (Å²) in [6.07, 6.45) is 4.12. The van der Waals surface area contributed by atoms with Gasteiger partial charge in [-0.25, -0.2) is 4.98 Å². The highest BCUT2D eigenvalue weighted by molar-refractivity contribution is 6.32. The SMILES string of the molecule is COc1cc(OC)c(-c2cn3cc(N4CCNCC4)ccc3n2)cc1Cl.Cl. The molecule has 1 saturated heterocycles. The Kier molecular flexibility index (Phi) is 5.99. The quantitative estimate of drug-likeness (QED) is 0.715. The first-order valence-electron chi connectivity index (χ1n) is 8.56. The molecule has 1 aromatic carbocycles. The van der Waals surface area contributed by atoms with E-state index in [2.05, 4.69) is 22.5 Å². The summed E-state index contributed by atoms with van der Waals surface area (Å²) in [5.74, 6) is 1.26. The van der Waals surface area contributed by atoms with Crippen LogP contribution in [0.15, 0.2) is 36.7 Å². The molecule has 0 bridgehead atoms. The minimum atomic E-state index is 0. The highest BCUT2D eigenvalue weighted by atomic mass is 35.5. The van der Waals surface area contributed by atoms with Crippen LogP contribution < -0.4 is 19.7 Å². The molecule has 1 aliphatic rings. The van der Waals surface area contributed by atoms with Gasteiger partial charge in [0.05, 0.1) is 30.6 Å². The molecular formula is C19H22Cl2N4O2. The predicted molar refractivity (Wildman–Crippen MR) is 111 cm³/mol. The Balaban J connectivity index is 0.00000210. The first-order chi connectivity index (χ1) is 12.7. The Morgan fingerprint density at radius 3 is 2.48 bits per heavy atom. The second kappa shape index (κ2) is 8.25. The molecule has 27 heavy (non-hydrogen) atoms. The number of piperazine rings is 1. The Morgan fingerprint density at radius 1 is 1.04 bits per heavy atom. The fourth-order valence-corrected chi connectivity index (χ4v) is 3.52. The molecule has 0 unspecified atom stereocenters. The van der Waals surface area contributed by atoms with Gasteiger partial charge in [0.2, 0.25) is 0 Å². The smallest absolute Gasteiger partial charge is 0.141 e. The van der Waals surface area contributed by atoms with E-state index in [0.717, 1.165) is 43.1 Å². The highest BCUT2D eigenvalue weighted by Crippen LogP contribution is 2.38. The van der Waals surface area contributed by atoms with Crippen LogP contribution >= 0.6 is 24.0 Å². The van der Waals surface area contributed by atoms with Crippen molar-refractivity contribution in [3.63, 3.8) is 0 Å². The Hall–Kier alpha value is -2.15. The zero-order valence-electron chi connectivity index (χ0n) is 15.2. The highest BCUT2D eigenvalue weighted by Gasteiger charge is 2.16. The van der Waals surface area contributed by atoms with E-state index in [9.17, 15) is 0 Å². The second-order valence-electron chi connectivity index (χ2n) is 6.20. The second-order valence-corrected chi connectivity index (χ2v) is 6.61. The summed E-state index contributed by atoms with van der Waals surface area (Å²) in [6, 6.07) is 7.78. The zero-order chi connectivity index (χ0) is 18.1. The minimum Gasteiger partial charge on any atom is -0.496 e. The third kappa shape index (κ3) is 3.78. The number of hydrogen-bond acceptors (Lipinski definition) is 5. The lowest BCUT2D eigenvalue weighted by atomic mass is 10.1. The van der Waals surface area contributed by atoms with Gasteiger partial charge in [-0.15, -0.1) is 12.4 Å². The number of benzene rings is 1. The van der Waals surface area contributed by atoms with Crippen molar-refractivity contribution in [1.29, 1.82) is 0 Å². The molecule has 8 heteroatoms. The Morgan fingerprint density at radius 2 is 1.78 bits per heavy atom. The molecule has 0 spiro atoms. The van der Waals surface area contributed by atoms with E-state index in [1.807, 2.05) is 22.7 Å². The third-order valence-corrected chi connectivity index (χ3v) is 4.96. The molecule has 1 N–H and O–H groups in total. The monoisotopic (exact) mass is 408 g/mol. The number of ether oxygens (including phenoxy) is 2. The molecule has 4 rings (SSSR count). The molecule has 0 radical (unpaired) electrons. The maximum atomic E-state index is 6.31. The normalized spacial score (nSPS) is 14.1. The Labute approximate surface area is 169 Å². The molecule has 2 aromatic heterocycles. The van der Waals surface area contributed by atoms with Crippen molar-refractivity contribution in [1.82, 2.24) is 14.7 Å². The van der Waals surface area contributed by atoms with Gasteiger partial charge >= 0.3 is 0 Å². The van der Waals surface area contributed by atoms with Crippen LogP contribution in [-0.2, 0) is 0 Å². The maximum absolute atomic E-state index is 6.31. The lowest BCUT2D eigenvalue weighted by Gasteiger charge is -2.29. The molecule has 3 aromatic rings. The first-order valence-corrected chi connectivity index (χ1v) is 8.93. The van der Waals surface area contributed by atoms with Crippen LogP contribution in [-0.4, -0.2) is 49.8 Å². The van der Waals surface area contributed by atoms with E-state index in [1.54, 1.807) is 20.3 Å². The molecule has 6 nitrogen and oxygen atoms in total. The number of halogens is 2. The van der Waals surface area contributed by atoms with E-state index >= 15 is 0 Å². The molecule has 0 saturated carbocycles. The van der Waals surface area contributed by atoms with Gasteiger partial charge in [-0.05, 0) is 18.2 Å². The lowest BCUT2D eigenvalue weighted by molar-refractivity contribution is 0.395. The topological polar surface area (TPSA) is 51.0 Å². The van der Waals surface area contributed by atoms with Gasteiger partial charge in [0.15, 0.2) is 0 Å². The van der Waals surface area contributed by atoms with Crippen molar-refractivity contribution < 1.29 is 9.47 Å². The van der Waals surface area contributed by atoms with Crippen molar-refractivity contribution in [2.45, 2.75) is 0 Å². The fourth-order valence-electron chi connectivity index (χ4n) is 3.28. The van der Waals surface area contributed by atoms with Crippen molar-refractivity contribution in [2.24, 2.45) is 0 Å². The molecule has 1 fully saturated rings. The first kappa shape index (κ1) is 19.6. The van der Waals surface area contributed by atoms with Crippen molar-refractivity contribution in [3.05, 3.63) is 41.7 Å². The number of aromatic nitrogens is 2. The van der Waals surface area contributed by atoms with Gasteiger partial charge in [0, 0.05) is 50.2 Å². The van der Waals surface area contributed by atoms with Crippen LogP contribution in [0.1, 0.15) is 0 Å². The molecule has 144 valence electrons. The van der Waals surface area contributed by atoms with Crippen LogP contribution in [0.3, 0.4) is 0 Å². The number of nitrogens with zero attached hydrogens (tertiary/aromatic N) is 3. The minimum absolute atomic E-state index is 0.